The molecule has 2 atom stereocenters. The van der Waals surface area contributed by atoms with Gasteiger partial charge < -0.3 is 10.2 Å². The maximum Gasteiger partial charge on any atom is 0.152 e. The molecular formula is C8H12BrNO3S. The zero-order chi connectivity index (χ0) is 10.9. The molecule has 1 aromatic rings. The maximum atomic E-state index is 11.2. The largest absolute Gasteiger partial charge is 0.466 e. The van der Waals surface area contributed by atoms with Crippen LogP contribution in [0.3, 0.4) is 0 Å². The molecule has 0 aliphatic rings. The number of nitrogens with two attached hydrogens (primary N) is 1. The minimum Gasteiger partial charge on any atom is -0.466 e. The lowest BCUT2D eigenvalue weighted by Gasteiger charge is -2.16. The van der Waals surface area contributed by atoms with Crippen LogP contribution in [0.5, 0.6) is 0 Å². The fourth-order valence-electron chi connectivity index (χ4n) is 1.02. The zero-order valence-corrected chi connectivity index (χ0v) is 10.3. The Labute approximate surface area is 91.5 Å². The third kappa shape index (κ3) is 2.37. The van der Waals surface area contributed by atoms with Crippen molar-refractivity contribution in [2.45, 2.75) is 18.2 Å². The van der Waals surface area contributed by atoms with Crippen LogP contribution in [0.4, 0.5) is 0 Å². The highest BCUT2D eigenvalue weighted by molar-refractivity contribution is 9.10. The minimum absolute atomic E-state index is 0.461. The Morgan fingerprint density at radius 1 is 1.57 bits per heavy atom. The lowest BCUT2D eigenvalue weighted by molar-refractivity contribution is 0.453. The Hall–Kier alpha value is -0.330. The average molecular weight is 282 g/mol. The lowest BCUT2D eigenvalue weighted by Crippen LogP contribution is -2.30. The SMILES string of the molecule is CC(C(N)c1occc1Br)S(C)(=O)=O. The molecule has 0 fully saturated rings. The fraction of sp³-hybridized carbons (Fsp3) is 0.500. The van der Waals surface area contributed by atoms with Crippen molar-refractivity contribution in [1.29, 1.82) is 0 Å². The summed E-state index contributed by atoms with van der Waals surface area (Å²) < 4.78 is 28.3. The summed E-state index contributed by atoms with van der Waals surface area (Å²) in [6, 6.07) is 1.04. The number of hydrogen-bond acceptors (Lipinski definition) is 4. The van der Waals surface area contributed by atoms with E-state index >= 15 is 0 Å². The summed E-state index contributed by atoms with van der Waals surface area (Å²) in [5.74, 6) is 0.461. The second-order valence-electron chi connectivity index (χ2n) is 3.19. The van der Waals surface area contributed by atoms with E-state index in [1.807, 2.05) is 0 Å². The van der Waals surface area contributed by atoms with Gasteiger partial charge in [-0.25, -0.2) is 8.42 Å². The molecule has 80 valence electrons. The number of furan rings is 1. The summed E-state index contributed by atoms with van der Waals surface area (Å²) in [6.07, 6.45) is 2.63. The molecule has 0 bridgehead atoms. The summed E-state index contributed by atoms with van der Waals surface area (Å²) in [5.41, 5.74) is 5.77. The highest BCUT2D eigenvalue weighted by Crippen LogP contribution is 2.27. The van der Waals surface area contributed by atoms with E-state index in [1.165, 1.54) is 6.26 Å². The van der Waals surface area contributed by atoms with Crippen LogP contribution in [0.15, 0.2) is 21.2 Å². The highest BCUT2D eigenvalue weighted by atomic mass is 79.9. The van der Waals surface area contributed by atoms with E-state index in [4.69, 9.17) is 10.2 Å². The second kappa shape index (κ2) is 4.04. The monoisotopic (exact) mass is 281 g/mol. The quantitative estimate of drug-likeness (QED) is 0.911. The molecule has 6 heteroatoms. The molecule has 2 unspecified atom stereocenters. The molecule has 0 spiro atoms. The minimum atomic E-state index is -3.15. The Morgan fingerprint density at radius 3 is 2.50 bits per heavy atom. The number of hydrogen-bond donors (Lipinski definition) is 1. The van der Waals surface area contributed by atoms with E-state index in [2.05, 4.69) is 15.9 Å². The van der Waals surface area contributed by atoms with Crippen molar-refractivity contribution in [2.75, 3.05) is 6.26 Å². The fourth-order valence-corrected chi connectivity index (χ4v) is 2.14. The van der Waals surface area contributed by atoms with Gasteiger partial charge in [0.25, 0.3) is 0 Å². The summed E-state index contributed by atoms with van der Waals surface area (Å²) in [7, 11) is -3.15. The van der Waals surface area contributed by atoms with Gasteiger partial charge in [-0.1, -0.05) is 0 Å². The predicted octanol–water partition coefficient (Wildman–Crippen LogP) is 1.48. The molecule has 14 heavy (non-hydrogen) atoms. The smallest absolute Gasteiger partial charge is 0.152 e. The van der Waals surface area contributed by atoms with Gasteiger partial charge in [-0.2, -0.15) is 0 Å². The molecule has 0 radical (unpaired) electrons. The van der Waals surface area contributed by atoms with E-state index in [1.54, 1.807) is 13.0 Å². The summed E-state index contributed by atoms with van der Waals surface area (Å²) >= 11 is 3.23. The summed E-state index contributed by atoms with van der Waals surface area (Å²) in [6.45, 7) is 1.56. The average Bonchev–Trinajstić information content (AvgIpc) is 2.47. The molecule has 1 aromatic heterocycles. The van der Waals surface area contributed by atoms with Crippen molar-refractivity contribution in [3.63, 3.8) is 0 Å². The van der Waals surface area contributed by atoms with E-state index in [9.17, 15) is 8.42 Å². The van der Waals surface area contributed by atoms with Crippen LogP contribution in [0, 0.1) is 0 Å². The van der Waals surface area contributed by atoms with Gasteiger partial charge in [0.05, 0.1) is 22.0 Å². The van der Waals surface area contributed by atoms with Crippen molar-refractivity contribution in [2.24, 2.45) is 5.73 Å². The first kappa shape index (κ1) is 11.7. The first-order chi connectivity index (χ1) is 6.34. The third-order valence-electron chi connectivity index (χ3n) is 2.13. The molecule has 4 nitrogen and oxygen atoms in total. The summed E-state index contributed by atoms with van der Waals surface area (Å²) in [4.78, 5) is 0. The molecule has 0 aromatic carbocycles. The third-order valence-corrected chi connectivity index (χ3v) is 4.43. The van der Waals surface area contributed by atoms with Crippen molar-refractivity contribution in [3.8, 4) is 0 Å². The number of sulfone groups is 1. The van der Waals surface area contributed by atoms with Gasteiger partial charge in [-0.3, -0.25) is 0 Å². The van der Waals surface area contributed by atoms with Crippen molar-refractivity contribution >= 4 is 25.8 Å². The van der Waals surface area contributed by atoms with Crippen LogP contribution in [0.2, 0.25) is 0 Å². The molecule has 0 aliphatic carbocycles. The first-order valence-electron chi connectivity index (χ1n) is 4.01. The molecule has 2 N–H and O–H groups in total. The van der Waals surface area contributed by atoms with Crippen molar-refractivity contribution in [3.05, 3.63) is 22.6 Å². The van der Waals surface area contributed by atoms with E-state index < -0.39 is 21.1 Å². The molecule has 0 saturated heterocycles. The van der Waals surface area contributed by atoms with Crippen LogP contribution in [0.1, 0.15) is 18.7 Å². The van der Waals surface area contributed by atoms with Gasteiger partial charge in [-0.05, 0) is 28.9 Å². The van der Waals surface area contributed by atoms with Crippen molar-refractivity contribution in [1.82, 2.24) is 0 Å². The molecule has 0 aliphatic heterocycles. The van der Waals surface area contributed by atoms with E-state index in [0.717, 1.165) is 6.26 Å². The van der Waals surface area contributed by atoms with Gasteiger partial charge in [0, 0.05) is 6.26 Å². The molecule has 0 amide bonds. The maximum absolute atomic E-state index is 11.2. The standard InChI is InChI=1S/C8H12BrNO3S/c1-5(14(2,11)12)7(10)8-6(9)3-4-13-8/h3-5,7H,10H2,1-2H3. The molecular weight excluding hydrogens is 270 g/mol. The Balaban J connectivity index is 2.97. The number of rotatable bonds is 3. The summed E-state index contributed by atoms with van der Waals surface area (Å²) in [5, 5.41) is -0.662. The van der Waals surface area contributed by atoms with E-state index in [0.29, 0.717) is 10.2 Å². The molecule has 0 saturated carbocycles. The number of halogens is 1. The molecule has 1 heterocycles. The first-order valence-corrected chi connectivity index (χ1v) is 6.76. The highest BCUT2D eigenvalue weighted by Gasteiger charge is 2.27. The van der Waals surface area contributed by atoms with Crippen LogP contribution in [0.25, 0.3) is 0 Å². The van der Waals surface area contributed by atoms with Gasteiger partial charge in [-0.15, -0.1) is 0 Å². The van der Waals surface area contributed by atoms with Crippen LogP contribution >= 0.6 is 15.9 Å². The molecule has 1 rings (SSSR count). The van der Waals surface area contributed by atoms with Gasteiger partial charge in [0.1, 0.15) is 5.76 Å². The van der Waals surface area contributed by atoms with Crippen LogP contribution in [-0.4, -0.2) is 19.9 Å². The Bertz CT molecular complexity index is 412. The van der Waals surface area contributed by atoms with Gasteiger partial charge in [0.2, 0.25) is 0 Å². The van der Waals surface area contributed by atoms with Crippen LogP contribution < -0.4 is 5.73 Å². The lowest BCUT2D eigenvalue weighted by atomic mass is 10.2. The van der Waals surface area contributed by atoms with Crippen LogP contribution in [-0.2, 0) is 9.84 Å². The van der Waals surface area contributed by atoms with Gasteiger partial charge >= 0.3 is 0 Å². The second-order valence-corrected chi connectivity index (χ2v) is 6.45. The van der Waals surface area contributed by atoms with Gasteiger partial charge in [0.15, 0.2) is 9.84 Å². The Kier molecular flexibility index (Phi) is 3.39. The van der Waals surface area contributed by atoms with E-state index in [-0.39, 0.29) is 0 Å². The Morgan fingerprint density at radius 2 is 2.14 bits per heavy atom. The van der Waals surface area contributed by atoms with Crippen molar-refractivity contribution < 1.29 is 12.8 Å². The topological polar surface area (TPSA) is 73.3 Å². The zero-order valence-electron chi connectivity index (χ0n) is 7.90. The predicted molar refractivity (Wildman–Crippen MR) is 57.6 cm³/mol. The normalized spacial score (nSPS) is 16.6.